The van der Waals surface area contributed by atoms with Crippen molar-refractivity contribution in [2.24, 2.45) is 0 Å². The summed E-state index contributed by atoms with van der Waals surface area (Å²) >= 11 is 0. The standard InChI is InChI=1S/C13H18FN3O2/c1-2-3-15-12-11(8-10(14)9-16-12)13(18)17-4-6-19-7-5-17/h8-9H,2-7H2,1H3,(H,15,16). The zero-order valence-electron chi connectivity index (χ0n) is 11.0. The number of ether oxygens (including phenoxy) is 1. The number of carbonyl (C=O) groups is 1. The van der Waals surface area contributed by atoms with Crippen LogP contribution in [0.15, 0.2) is 12.3 Å². The predicted octanol–water partition coefficient (Wildman–Crippen LogP) is 1.51. The minimum absolute atomic E-state index is 0.200. The number of amides is 1. The van der Waals surface area contributed by atoms with Crippen LogP contribution < -0.4 is 5.32 Å². The molecule has 1 aliphatic rings. The van der Waals surface area contributed by atoms with Crippen LogP contribution in [0, 0.1) is 5.82 Å². The molecule has 1 aromatic heterocycles. The molecule has 0 saturated carbocycles. The Balaban J connectivity index is 2.20. The fourth-order valence-electron chi connectivity index (χ4n) is 1.92. The van der Waals surface area contributed by atoms with E-state index in [9.17, 15) is 9.18 Å². The topological polar surface area (TPSA) is 54.5 Å². The molecule has 2 rings (SSSR count). The van der Waals surface area contributed by atoms with E-state index in [0.717, 1.165) is 12.6 Å². The number of anilines is 1. The van der Waals surface area contributed by atoms with E-state index in [4.69, 9.17) is 4.74 Å². The lowest BCUT2D eigenvalue weighted by Gasteiger charge is -2.27. The Hall–Kier alpha value is -1.69. The zero-order chi connectivity index (χ0) is 13.7. The Morgan fingerprint density at radius 1 is 1.53 bits per heavy atom. The maximum absolute atomic E-state index is 13.3. The summed E-state index contributed by atoms with van der Waals surface area (Å²) in [4.78, 5) is 18.0. The van der Waals surface area contributed by atoms with Gasteiger partial charge in [0, 0.05) is 19.6 Å². The van der Waals surface area contributed by atoms with Gasteiger partial charge in [-0.25, -0.2) is 9.37 Å². The quantitative estimate of drug-likeness (QED) is 0.898. The number of aromatic nitrogens is 1. The van der Waals surface area contributed by atoms with Crippen molar-refractivity contribution in [3.8, 4) is 0 Å². The van der Waals surface area contributed by atoms with Gasteiger partial charge in [-0.15, -0.1) is 0 Å². The molecule has 0 atom stereocenters. The van der Waals surface area contributed by atoms with Gasteiger partial charge in [0.2, 0.25) is 0 Å². The molecule has 104 valence electrons. The summed E-state index contributed by atoms with van der Waals surface area (Å²) in [5.74, 6) is -0.257. The molecule has 1 aliphatic heterocycles. The largest absolute Gasteiger partial charge is 0.378 e. The first-order chi connectivity index (χ1) is 9.22. The van der Waals surface area contributed by atoms with E-state index in [-0.39, 0.29) is 11.5 Å². The molecule has 19 heavy (non-hydrogen) atoms. The third-order valence-corrected chi connectivity index (χ3v) is 2.93. The van der Waals surface area contributed by atoms with Gasteiger partial charge in [-0.2, -0.15) is 0 Å². The van der Waals surface area contributed by atoms with Gasteiger partial charge < -0.3 is 15.0 Å². The number of hydrogen-bond acceptors (Lipinski definition) is 4. The van der Waals surface area contributed by atoms with Gasteiger partial charge in [0.25, 0.3) is 5.91 Å². The van der Waals surface area contributed by atoms with Crippen LogP contribution in [-0.4, -0.2) is 48.6 Å². The molecule has 6 heteroatoms. The maximum atomic E-state index is 13.3. The highest BCUT2D eigenvalue weighted by Crippen LogP contribution is 2.17. The minimum atomic E-state index is -0.501. The first kappa shape index (κ1) is 13.7. The summed E-state index contributed by atoms with van der Waals surface area (Å²) in [6.45, 7) is 4.81. The fraction of sp³-hybridized carbons (Fsp3) is 0.538. The van der Waals surface area contributed by atoms with Crippen molar-refractivity contribution in [2.45, 2.75) is 13.3 Å². The highest BCUT2D eigenvalue weighted by Gasteiger charge is 2.22. The average molecular weight is 267 g/mol. The van der Waals surface area contributed by atoms with Crippen molar-refractivity contribution < 1.29 is 13.9 Å². The fourth-order valence-corrected chi connectivity index (χ4v) is 1.92. The molecule has 0 unspecified atom stereocenters. The maximum Gasteiger partial charge on any atom is 0.257 e. The third kappa shape index (κ3) is 3.41. The number of morpholine rings is 1. The normalized spacial score (nSPS) is 15.4. The second-order valence-electron chi connectivity index (χ2n) is 4.38. The number of nitrogens with zero attached hydrogens (tertiary/aromatic N) is 2. The molecule has 0 bridgehead atoms. The lowest BCUT2D eigenvalue weighted by atomic mass is 10.2. The van der Waals surface area contributed by atoms with Crippen LogP contribution in [0.5, 0.6) is 0 Å². The Labute approximate surface area is 111 Å². The molecule has 5 nitrogen and oxygen atoms in total. The smallest absolute Gasteiger partial charge is 0.257 e. The van der Waals surface area contributed by atoms with E-state index in [1.165, 1.54) is 6.07 Å². The number of nitrogens with one attached hydrogen (secondary N) is 1. The molecule has 0 aromatic carbocycles. The molecule has 0 radical (unpaired) electrons. The molecular formula is C13H18FN3O2. The zero-order valence-corrected chi connectivity index (χ0v) is 11.0. The van der Waals surface area contributed by atoms with Crippen LogP contribution in [0.4, 0.5) is 10.2 Å². The Kier molecular flexibility index (Phi) is 4.68. The van der Waals surface area contributed by atoms with E-state index in [2.05, 4.69) is 10.3 Å². The summed E-state index contributed by atoms with van der Waals surface area (Å²) in [6, 6.07) is 1.24. The predicted molar refractivity (Wildman–Crippen MR) is 69.7 cm³/mol. The molecule has 1 fully saturated rings. The van der Waals surface area contributed by atoms with Crippen molar-refractivity contribution in [3.05, 3.63) is 23.6 Å². The van der Waals surface area contributed by atoms with E-state index in [1.54, 1.807) is 4.90 Å². The second kappa shape index (κ2) is 6.47. The van der Waals surface area contributed by atoms with Gasteiger partial charge in [0.1, 0.15) is 11.6 Å². The second-order valence-corrected chi connectivity index (χ2v) is 4.38. The number of halogens is 1. The summed E-state index contributed by atoms with van der Waals surface area (Å²) < 4.78 is 18.5. The van der Waals surface area contributed by atoms with Crippen LogP contribution in [0.3, 0.4) is 0 Å². The van der Waals surface area contributed by atoms with Gasteiger partial charge in [0.15, 0.2) is 0 Å². The minimum Gasteiger partial charge on any atom is -0.378 e. The van der Waals surface area contributed by atoms with Crippen LogP contribution >= 0.6 is 0 Å². The number of rotatable bonds is 4. The van der Waals surface area contributed by atoms with Gasteiger partial charge >= 0.3 is 0 Å². The van der Waals surface area contributed by atoms with Crippen LogP contribution in [0.25, 0.3) is 0 Å². The van der Waals surface area contributed by atoms with Crippen LogP contribution in [0.1, 0.15) is 23.7 Å². The Morgan fingerprint density at radius 2 is 2.26 bits per heavy atom. The van der Waals surface area contributed by atoms with E-state index >= 15 is 0 Å². The van der Waals surface area contributed by atoms with Gasteiger partial charge in [-0.05, 0) is 12.5 Å². The average Bonchev–Trinajstić information content (AvgIpc) is 2.46. The third-order valence-electron chi connectivity index (χ3n) is 2.93. The van der Waals surface area contributed by atoms with Crippen molar-refractivity contribution in [1.82, 2.24) is 9.88 Å². The van der Waals surface area contributed by atoms with Crippen molar-refractivity contribution >= 4 is 11.7 Å². The lowest BCUT2D eigenvalue weighted by Crippen LogP contribution is -2.41. The van der Waals surface area contributed by atoms with E-state index in [1.807, 2.05) is 6.92 Å². The number of hydrogen-bond donors (Lipinski definition) is 1. The van der Waals surface area contributed by atoms with Crippen molar-refractivity contribution in [2.75, 3.05) is 38.2 Å². The first-order valence-electron chi connectivity index (χ1n) is 6.49. The summed E-state index contributed by atoms with van der Waals surface area (Å²) in [5.41, 5.74) is 0.287. The van der Waals surface area contributed by atoms with Gasteiger partial charge in [-0.1, -0.05) is 6.92 Å². The Bertz CT molecular complexity index is 448. The lowest BCUT2D eigenvalue weighted by molar-refractivity contribution is 0.0303. The first-order valence-corrected chi connectivity index (χ1v) is 6.49. The molecule has 1 N–H and O–H groups in total. The highest BCUT2D eigenvalue weighted by molar-refractivity contribution is 5.98. The monoisotopic (exact) mass is 267 g/mol. The molecule has 1 amide bonds. The Morgan fingerprint density at radius 3 is 2.95 bits per heavy atom. The molecule has 1 aromatic rings. The molecule has 2 heterocycles. The SMILES string of the molecule is CCCNc1ncc(F)cc1C(=O)N1CCOCC1. The highest BCUT2D eigenvalue weighted by atomic mass is 19.1. The van der Waals surface area contributed by atoms with E-state index in [0.29, 0.717) is 38.7 Å². The summed E-state index contributed by atoms with van der Waals surface area (Å²) in [5, 5.41) is 3.05. The van der Waals surface area contributed by atoms with Gasteiger partial charge in [-0.3, -0.25) is 4.79 Å². The molecule has 0 spiro atoms. The van der Waals surface area contributed by atoms with Crippen molar-refractivity contribution in [3.63, 3.8) is 0 Å². The van der Waals surface area contributed by atoms with Crippen LogP contribution in [0.2, 0.25) is 0 Å². The molecular weight excluding hydrogens is 249 g/mol. The summed E-state index contributed by atoms with van der Waals surface area (Å²) in [7, 11) is 0. The van der Waals surface area contributed by atoms with E-state index < -0.39 is 5.82 Å². The van der Waals surface area contributed by atoms with Crippen molar-refractivity contribution in [1.29, 1.82) is 0 Å². The number of carbonyl (C=O) groups excluding carboxylic acids is 1. The van der Waals surface area contributed by atoms with Gasteiger partial charge in [0.05, 0.1) is 25.0 Å². The molecule has 1 saturated heterocycles. The summed E-state index contributed by atoms with van der Waals surface area (Å²) in [6.07, 6.45) is 2.03. The van der Waals surface area contributed by atoms with Crippen LogP contribution in [-0.2, 0) is 4.74 Å². The number of pyridine rings is 1. The molecule has 0 aliphatic carbocycles.